The van der Waals surface area contributed by atoms with Crippen LogP contribution in [0.1, 0.15) is 50.4 Å². The normalized spacial score (nSPS) is 15.7. The molecule has 26 heavy (non-hydrogen) atoms. The molecular formula is C18H26N2O5S. The van der Waals surface area contributed by atoms with Gasteiger partial charge in [0.05, 0.1) is 10.5 Å². The molecule has 1 saturated heterocycles. The van der Waals surface area contributed by atoms with Crippen LogP contribution < -0.4 is 5.32 Å². The van der Waals surface area contributed by atoms with Crippen LogP contribution in [0.15, 0.2) is 29.2 Å². The summed E-state index contributed by atoms with van der Waals surface area (Å²) in [5.74, 6) is -1.13. The van der Waals surface area contributed by atoms with Crippen LogP contribution in [-0.2, 0) is 19.6 Å². The van der Waals surface area contributed by atoms with Gasteiger partial charge in [0, 0.05) is 18.6 Å². The van der Waals surface area contributed by atoms with Crippen LogP contribution in [0.25, 0.3) is 0 Å². The highest BCUT2D eigenvalue weighted by Crippen LogP contribution is 2.21. The molecule has 1 aliphatic heterocycles. The first-order valence-corrected chi connectivity index (χ1v) is 10.2. The standard InChI is InChI=1S/C18H26N2O5S/c1-4-18(2,3)19-16(21)13-25-17(22)14-8-7-9-15(12-14)26(23,24)20-10-5-6-11-20/h7-9,12H,4-6,10-11,13H2,1-3H3,(H,19,21). The van der Waals surface area contributed by atoms with Crippen molar-refractivity contribution in [3.8, 4) is 0 Å². The van der Waals surface area contributed by atoms with Gasteiger partial charge >= 0.3 is 5.97 Å². The van der Waals surface area contributed by atoms with E-state index in [-0.39, 0.29) is 16.0 Å². The molecule has 0 bridgehead atoms. The lowest BCUT2D eigenvalue weighted by Gasteiger charge is -2.24. The van der Waals surface area contributed by atoms with Gasteiger partial charge in [-0.25, -0.2) is 13.2 Å². The Hall–Kier alpha value is -1.93. The Morgan fingerprint density at radius 2 is 1.88 bits per heavy atom. The predicted molar refractivity (Wildman–Crippen MR) is 97.2 cm³/mol. The summed E-state index contributed by atoms with van der Waals surface area (Å²) in [7, 11) is -3.61. The van der Waals surface area contributed by atoms with Crippen molar-refractivity contribution in [1.29, 1.82) is 0 Å². The Labute approximate surface area is 154 Å². The summed E-state index contributed by atoms with van der Waals surface area (Å²) in [4.78, 5) is 24.1. The minimum atomic E-state index is -3.61. The highest BCUT2D eigenvalue weighted by atomic mass is 32.2. The van der Waals surface area contributed by atoms with Crippen molar-refractivity contribution in [2.75, 3.05) is 19.7 Å². The van der Waals surface area contributed by atoms with Crippen LogP contribution in [0, 0.1) is 0 Å². The lowest BCUT2D eigenvalue weighted by Crippen LogP contribution is -2.44. The molecule has 1 aromatic carbocycles. The second-order valence-corrected chi connectivity index (χ2v) is 8.94. The summed E-state index contributed by atoms with van der Waals surface area (Å²) >= 11 is 0. The molecule has 0 aliphatic carbocycles. The molecule has 8 heteroatoms. The van der Waals surface area contributed by atoms with E-state index in [0.29, 0.717) is 13.1 Å². The molecule has 1 N–H and O–H groups in total. The van der Waals surface area contributed by atoms with E-state index in [4.69, 9.17) is 4.74 Å². The second kappa shape index (κ2) is 8.18. The Bertz CT molecular complexity index is 768. The number of sulfonamides is 1. The molecule has 0 atom stereocenters. The summed E-state index contributed by atoms with van der Waals surface area (Å²) in [6, 6.07) is 5.73. The number of hydrogen-bond acceptors (Lipinski definition) is 5. The van der Waals surface area contributed by atoms with Gasteiger partial charge in [0.1, 0.15) is 0 Å². The summed E-state index contributed by atoms with van der Waals surface area (Å²) in [6.45, 7) is 6.26. The van der Waals surface area contributed by atoms with E-state index >= 15 is 0 Å². The molecule has 0 saturated carbocycles. The maximum absolute atomic E-state index is 12.6. The fourth-order valence-corrected chi connectivity index (χ4v) is 4.14. The quantitative estimate of drug-likeness (QED) is 0.728. The number of nitrogens with zero attached hydrogens (tertiary/aromatic N) is 1. The molecule has 144 valence electrons. The van der Waals surface area contributed by atoms with Gasteiger partial charge in [0.2, 0.25) is 10.0 Å². The third-order valence-electron chi connectivity index (χ3n) is 4.47. The first kappa shape index (κ1) is 20.4. The Morgan fingerprint density at radius 3 is 2.50 bits per heavy atom. The topological polar surface area (TPSA) is 92.8 Å². The number of hydrogen-bond donors (Lipinski definition) is 1. The zero-order valence-electron chi connectivity index (χ0n) is 15.4. The van der Waals surface area contributed by atoms with Gasteiger partial charge in [-0.2, -0.15) is 4.31 Å². The maximum atomic E-state index is 12.6. The van der Waals surface area contributed by atoms with Crippen molar-refractivity contribution in [2.45, 2.75) is 50.5 Å². The highest BCUT2D eigenvalue weighted by Gasteiger charge is 2.28. The van der Waals surface area contributed by atoms with E-state index in [0.717, 1.165) is 19.3 Å². The Morgan fingerprint density at radius 1 is 1.23 bits per heavy atom. The lowest BCUT2D eigenvalue weighted by molar-refractivity contribution is -0.125. The predicted octanol–water partition coefficient (Wildman–Crippen LogP) is 1.93. The Balaban J connectivity index is 2.03. The van der Waals surface area contributed by atoms with Gasteiger partial charge in [-0.3, -0.25) is 4.79 Å². The lowest BCUT2D eigenvalue weighted by atomic mass is 10.0. The average Bonchev–Trinajstić information content (AvgIpc) is 3.15. The van der Waals surface area contributed by atoms with Crippen molar-refractivity contribution < 1.29 is 22.7 Å². The molecule has 0 aromatic heterocycles. The molecule has 1 aromatic rings. The van der Waals surface area contributed by atoms with E-state index in [1.54, 1.807) is 0 Å². The van der Waals surface area contributed by atoms with Crippen LogP contribution in [0.2, 0.25) is 0 Å². The van der Waals surface area contributed by atoms with E-state index in [1.807, 2.05) is 20.8 Å². The van der Waals surface area contributed by atoms with Crippen molar-refractivity contribution in [2.24, 2.45) is 0 Å². The molecular weight excluding hydrogens is 356 g/mol. The summed E-state index contributed by atoms with van der Waals surface area (Å²) in [5, 5.41) is 2.77. The van der Waals surface area contributed by atoms with E-state index < -0.39 is 28.5 Å². The third kappa shape index (κ3) is 5.04. The minimum absolute atomic E-state index is 0.0606. The van der Waals surface area contributed by atoms with Crippen LogP contribution in [0.3, 0.4) is 0 Å². The summed E-state index contributed by atoms with van der Waals surface area (Å²) < 4.78 is 31.6. The van der Waals surface area contributed by atoms with Crippen LogP contribution >= 0.6 is 0 Å². The van der Waals surface area contributed by atoms with Crippen molar-refractivity contribution >= 4 is 21.9 Å². The average molecular weight is 382 g/mol. The largest absolute Gasteiger partial charge is 0.452 e. The van der Waals surface area contributed by atoms with Gasteiger partial charge in [-0.05, 0) is 51.3 Å². The van der Waals surface area contributed by atoms with Crippen molar-refractivity contribution in [3.63, 3.8) is 0 Å². The van der Waals surface area contributed by atoms with Crippen molar-refractivity contribution in [3.05, 3.63) is 29.8 Å². The van der Waals surface area contributed by atoms with Gasteiger partial charge < -0.3 is 10.1 Å². The van der Waals surface area contributed by atoms with Crippen molar-refractivity contribution in [1.82, 2.24) is 9.62 Å². The zero-order chi connectivity index (χ0) is 19.4. The van der Waals surface area contributed by atoms with Crippen LogP contribution in [-0.4, -0.2) is 49.8 Å². The van der Waals surface area contributed by atoms with Gasteiger partial charge in [0.25, 0.3) is 5.91 Å². The molecule has 1 amide bonds. The second-order valence-electron chi connectivity index (χ2n) is 7.00. The number of carbonyl (C=O) groups excluding carboxylic acids is 2. The number of nitrogens with one attached hydrogen (secondary N) is 1. The van der Waals surface area contributed by atoms with E-state index in [1.165, 1.54) is 28.6 Å². The zero-order valence-corrected chi connectivity index (χ0v) is 16.3. The van der Waals surface area contributed by atoms with Gasteiger partial charge in [0.15, 0.2) is 6.61 Å². The molecule has 0 spiro atoms. The number of rotatable bonds is 7. The van der Waals surface area contributed by atoms with E-state index in [2.05, 4.69) is 5.32 Å². The number of benzene rings is 1. The first-order valence-electron chi connectivity index (χ1n) is 8.74. The third-order valence-corrected chi connectivity index (χ3v) is 6.36. The molecule has 0 radical (unpaired) electrons. The van der Waals surface area contributed by atoms with Crippen LogP contribution in [0.5, 0.6) is 0 Å². The summed E-state index contributed by atoms with van der Waals surface area (Å²) in [6.07, 6.45) is 2.41. The molecule has 7 nitrogen and oxygen atoms in total. The molecule has 1 aliphatic rings. The highest BCUT2D eigenvalue weighted by molar-refractivity contribution is 7.89. The molecule has 2 rings (SSSR count). The first-order chi connectivity index (χ1) is 12.2. The molecule has 1 fully saturated rings. The smallest absolute Gasteiger partial charge is 0.338 e. The van der Waals surface area contributed by atoms with Gasteiger partial charge in [-0.1, -0.05) is 13.0 Å². The number of ether oxygens (including phenoxy) is 1. The number of esters is 1. The molecule has 0 unspecified atom stereocenters. The number of carbonyl (C=O) groups is 2. The fourth-order valence-electron chi connectivity index (χ4n) is 2.58. The maximum Gasteiger partial charge on any atom is 0.338 e. The minimum Gasteiger partial charge on any atom is -0.452 e. The monoisotopic (exact) mass is 382 g/mol. The van der Waals surface area contributed by atoms with Gasteiger partial charge in [-0.15, -0.1) is 0 Å². The fraction of sp³-hybridized carbons (Fsp3) is 0.556. The summed E-state index contributed by atoms with van der Waals surface area (Å²) in [5.41, 5.74) is -0.277. The number of amides is 1. The molecule has 1 heterocycles. The van der Waals surface area contributed by atoms with Crippen LogP contribution in [0.4, 0.5) is 0 Å². The van der Waals surface area contributed by atoms with E-state index in [9.17, 15) is 18.0 Å². The SMILES string of the molecule is CCC(C)(C)NC(=O)COC(=O)c1cccc(S(=O)(=O)N2CCCC2)c1. The Kier molecular flexibility index (Phi) is 6.41.